The molecule has 21 heavy (non-hydrogen) atoms. The van der Waals surface area contributed by atoms with Gasteiger partial charge in [0.25, 0.3) is 10.8 Å². The van der Waals surface area contributed by atoms with E-state index < -0.39 is 22.3 Å². The molecule has 7 heteroatoms. The van der Waals surface area contributed by atoms with E-state index in [1.54, 1.807) is 0 Å². The van der Waals surface area contributed by atoms with E-state index in [2.05, 4.69) is 4.98 Å². The number of nitrogens with zero attached hydrogens (tertiary/aromatic N) is 1. The minimum absolute atomic E-state index is 0.00836. The fraction of sp³-hybridized carbons (Fsp3) is 0.214. The number of aromatic amines is 1. The molecule has 1 N–H and O–H groups in total. The predicted molar refractivity (Wildman–Crippen MR) is 74.8 cm³/mol. The molecule has 108 valence electrons. The van der Waals surface area contributed by atoms with E-state index in [-0.39, 0.29) is 17.2 Å². The SMILES string of the molecule is O=C(Cl)c1c(C2CC2)[nH]c(=O)n(-c2ccc(F)cc2)c1=O. The molecule has 0 spiro atoms. The number of halogens is 2. The zero-order valence-electron chi connectivity index (χ0n) is 10.7. The highest BCUT2D eigenvalue weighted by atomic mass is 35.5. The van der Waals surface area contributed by atoms with Gasteiger partial charge in [-0.15, -0.1) is 0 Å². The van der Waals surface area contributed by atoms with E-state index >= 15 is 0 Å². The predicted octanol–water partition coefficient (Wildman–Crippen LogP) is 1.92. The molecule has 0 amide bonds. The molecule has 0 bridgehead atoms. The molecule has 0 aliphatic heterocycles. The van der Waals surface area contributed by atoms with Crippen LogP contribution in [0.15, 0.2) is 33.9 Å². The maximum Gasteiger partial charge on any atom is 0.333 e. The third-order valence-corrected chi connectivity index (χ3v) is 3.59. The second-order valence-corrected chi connectivity index (χ2v) is 5.23. The maximum atomic E-state index is 12.9. The van der Waals surface area contributed by atoms with Gasteiger partial charge in [-0.25, -0.2) is 13.8 Å². The van der Waals surface area contributed by atoms with Crippen molar-refractivity contribution in [1.29, 1.82) is 0 Å². The number of hydrogen-bond acceptors (Lipinski definition) is 3. The highest BCUT2D eigenvalue weighted by Crippen LogP contribution is 2.39. The first-order valence-electron chi connectivity index (χ1n) is 6.34. The van der Waals surface area contributed by atoms with Gasteiger partial charge in [-0.2, -0.15) is 0 Å². The molecule has 1 saturated carbocycles. The molecule has 1 aliphatic rings. The Hall–Kier alpha value is -2.21. The van der Waals surface area contributed by atoms with Crippen LogP contribution in [0.3, 0.4) is 0 Å². The molecule has 0 atom stereocenters. The topological polar surface area (TPSA) is 71.9 Å². The van der Waals surface area contributed by atoms with Crippen LogP contribution < -0.4 is 11.2 Å². The largest absolute Gasteiger partial charge is 0.333 e. The van der Waals surface area contributed by atoms with Crippen molar-refractivity contribution in [3.8, 4) is 5.69 Å². The van der Waals surface area contributed by atoms with Crippen LogP contribution in [0.5, 0.6) is 0 Å². The summed E-state index contributed by atoms with van der Waals surface area (Å²) in [5, 5.41) is -0.908. The first kappa shape index (κ1) is 13.8. The normalized spacial score (nSPS) is 14.2. The van der Waals surface area contributed by atoms with Crippen LogP contribution in [0, 0.1) is 5.82 Å². The molecule has 0 radical (unpaired) electrons. The number of nitrogens with one attached hydrogen (secondary N) is 1. The minimum Gasteiger partial charge on any atom is -0.310 e. The summed E-state index contributed by atoms with van der Waals surface area (Å²) in [7, 11) is 0. The van der Waals surface area contributed by atoms with Gasteiger partial charge < -0.3 is 4.98 Å². The Kier molecular flexibility index (Phi) is 3.25. The molecule has 1 aliphatic carbocycles. The summed E-state index contributed by atoms with van der Waals surface area (Å²) in [4.78, 5) is 38.6. The monoisotopic (exact) mass is 308 g/mol. The Morgan fingerprint density at radius 2 is 1.86 bits per heavy atom. The molecular weight excluding hydrogens is 299 g/mol. The van der Waals surface area contributed by atoms with Crippen molar-refractivity contribution in [3.63, 3.8) is 0 Å². The number of aromatic nitrogens is 2. The third kappa shape index (κ3) is 2.42. The molecule has 1 aromatic carbocycles. The summed E-state index contributed by atoms with van der Waals surface area (Å²) in [5.74, 6) is -0.502. The van der Waals surface area contributed by atoms with Crippen molar-refractivity contribution in [1.82, 2.24) is 9.55 Å². The van der Waals surface area contributed by atoms with Crippen molar-refractivity contribution < 1.29 is 9.18 Å². The van der Waals surface area contributed by atoms with Gasteiger partial charge in [-0.05, 0) is 48.7 Å². The Labute approximate surface area is 123 Å². The lowest BCUT2D eigenvalue weighted by Crippen LogP contribution is -2.38. The number of H-pyrrole nitrogens is 1. The van der Waals surface area contributed by atoms with Crippen LogP contribution in [0.25, 0.3) is 5.69 Å². The Morgan fingerprint density at radius 3 is 2.38 bits per heavy atom. The summed E-state index contributed by atoms with van der Waals surface area (Å²) in [6, 6.07) is 4.81. The van der Waals surface area contributed by atoms with Crippen molar-refractivity contribution in [2.45, 2.75) is 18.8 Å². The molecule has 1 fully saturated rings. The Balaban J connectivity index is 2.29. The molecule has 1 heterocycles. The number of hydrogen-bond donors (Lipinski definition) is 1. The fourth-order valence-electron chi connectivity index (χ4n) is 2.25. The average Bonchev–Trinajstić information content (AvgIpc) is 3.24. The van der Waals surface area contributed by atoms with Gasteiger partial charge in [0.1, 0.15) is 11.4 Å². The van der Waals surface area contributed by atoms with E-state index in [1.165, 1.54) is 12.1 Å². The van der Waals surface area contributed by atoms with Gasteiger partial charge in [-0.1, -0.05) is 0 Å². The number of benzene rings is 1. The lowest BCUT2D eigenvalue weighted by Gasteiger charge is -2.09. The smallest absolute Gasteiger partial charge is 0.310 e. The van der Waals surface area contributed by atoms with Crippen molar-refractivity contribution in [2.24, 2.45) is 0 Å². The van der Waals surface area contributed by atoms with Crippen LogP contribution in [0.2, 0.25) is 0 Å². The van der Waals surface area contributed by atoms with Crippen LogP contribution in [0.4, 0.5) is 4.39 Å². The maximum absolute atomic E-state index is 12.9. The fourth-order valence-corrected chi connectivity index (χ4v) is 2.43. The number of carbonyl (C=O) groups excluding carboxylic acids is 1. The summed E-state index contributed by atoms with van der Waals surface area (Å²) >= 11 is 5.49. The highest BCUT2D eigenvalue weighted by molar-refractivity contribution is 6.67. The van der Waals surface area contributed by atoms with Gasteiger partial charge in [-0.3, -0.25) is 9.59 Å². The summed E-state index contributed by atoms with van der Waals surface area (Å²) in [6.45, 7) is 0. The van der Waals surface area contributed by atoms with Crippen molar-refractivity contribution in [3.05, 3.63) is 62.2 Å². The van der Waals surface area contributed by atoms with Crippen LogP contribution >= 0.6 is 11.6 Å². The van der Waals surface area contributed by atoms with E-state index in [0.717, 1.165) is 29.5 Å². The number of rotatable bonds is 3. The van der Waals surface area contributed by atoms with E-state index in [4.69, 9.17) is 11.6 Å². The summed E-state index contributed by atoms with van der Waals surface area (Å²) < 4.78 is 13.7. The van der Waals surface area contributed by atoms with E-state index in [1.807, 2.05) is 0 Å². The van der Waals surface area contributed by atoms with E-state index in [0.29, 0.717) is 5.69 Å². The average molecular weight is 309 g/mol. The summed E-state index contributed by atoms with van der Waals surface area (Å²) in [5.41, 5.74) is -1.21. The molecule has 0 unspecified atom stereocenters. The van der Waals surface area contributed by atoms with Gasteiger partial charge in [0.05, 0.1) is 5.69 Å². The highest BCUT2D eigenvalue weighted by Gasteiger charge is 2.32. The zero-order valence-corrected chi connectivity index (χ0v) is 11.5. The third-order valence-electron chi connectivity index (χ3n) is 3.40. The standard InChI is InChI=1S/C14H10ClFN2O3/c15-12(19)10-11(7-1-2-7)17-14(21)18(13(10)20)9-5-3-8(16)4-6-9/h3-7H,1-2H2,(H,17,21). The van der Waals surface area contributed by atoms with Gasteiger partial charge >= 0.3 is 5.69 Å². The van der Waals surface area contributed by atoms with Crippen LogP contribution in [-0.4, -0.2) is 14.8 Å². The molecule has 0 saturated heterocycles. The first-order valence-corrected chi connectivity index (χ1v) is 6.72. The lowest BCUT2D eigenvalue weighted by molar-refractivity contribution is 0.107. The first-order chi connectivity index (χ1) is 9.99. The summed E-state index contributed by atoms with van der Waals surface area (Å²) in [6.07, 6.45) is 1.60. The Morgan fingerprint density at radius 1 is 1.24 bits per heavy atom. The molecule has 2 aromatic rings. The zero-order chi connectivity index (χ0) is 15.1. The van der Waals surface area contributed by atoms with E-state index in [9.17, 15) is 18.8 Å². The quantitative estimate of drug-likeness (QED) is 0.881. The van der Waals surface area contributed by atoms with Gasteiger partial charge in [0, 0.05) is 11.6 Å². The second-order valence-electron chi connectivity index (χ2n) is 4.88. The van der Waals surface area contributed by atoms with Crippen molar-refractivity contribution in [2.75, 3.05) is 0 Å². The van der Waals surface area contributed by atoms with Crippen LogP contribution in [-0.2, 0) is 0 Å². The molecule has 3 rings (SSSR count). The Bertz CT molecular complexity index is 835. The number of carbonyl (C=O) groups is 1. The minimum atomic E-state index is -0.908. The van der Waals surface area contributed by atoms with Gasteiger partial charge in [0.2, 0.25) is 0 Å². The second kappa shape index (κ2) is 4.96. The lowest BCUT2D eigenvalue weighted by atomic mass is 10.1. The molecule has 1 aromatic heterocycles. The molecule has 5 nitrogen and oxygen atoms in total. The molecular formula is C14H10ClFN2O3. The van der Waals surface area contributed by atoms with Crippen LogP contribution in [0.1, 0.15) is 34.8 Å². The van der Waals surface area contributed by atoms with Gasteiger partial charge in [0.15, 0.2) is 0 Å². The van der Waals surface area contributed by atoms with Crippen molar-refractivity contribution >= 4 is 16.8 Å².